The Kier molecular flexibility index (Phi) is 7.56. The molecule has 0 amide bonds. The third-order valence-electron chi connectivity index (χ3n) is 3.90. The number of rotatable bonds is 8. The van der Waals surface area contributed by atoms with Crippen LogP contribution in [0, 0.1) is 0 Å². The van der Waals surface area contributed by atoms with Crippen LogP contribution < -0.4 is 9.46 Å². The van der Waals surface area contributed by atoms with Gasteiger partial charge in [0.05, 0.1) is 17.6 Å². The number of carbonyl (C=O) groups excluding carboxylic acids is 2. The van der Waals surface area contributed by atoms with Gasteiger partial charge in [-0.3, -0.25) is 4.79 Å². The standard InChI is InChI=1S/C20H22BrNO6S/c1-12(2)22-29(25,26)16-6-7-18(21)17(10-16)20(24)28-11-15-9-14(13(3)23)5-8-19(15)27-4/h5-10,12,22H,11H2,1-4H3. The fraction of sp³-hybridized carbons (Fsp3) is 0.300. The zero-order chi connectivity index (χ0) is 21.8. The van der Waals surface area contributed by atoms with Gasteiger partial charge in [0.1, 0.15) is 12.4 Å². The molecule has 0 saturated heterocycles. The van der Waals surface area contributed by atoms with E-state index in [0.29, 0.717) is 21.3 Å². The number of esters is 1. The van der Waals surface area contributed by atoms with Crippen LogP contribution in [0.3, 0.4) is 0 Å². The second-order valence-electron chi connectivity index (χ2n) is 6.58. The number of sulfonamides is 1. The second-order valence-corrected chi connectivity index (χ2v) is 9.14. The highest BCUT2D eigenvalue weighted by molar-refractivity contribution is 9.10. The molecule has 29 heavy (non-hydrogen) atoms. The van der Waals surface area contributed by atoms with Crippen LogP contribution in [-0.2, 0) is 21.4 Å². The van der Waals surface area contributed by atoms with E-state index in [1.807, 2.05) is 0 Å². The molecule has 0 radical (unpaired) electrons. The van der Waals surface area contributed by atoms with Crippen molar-refractivity contribution < 1.29 is 27.5 Å². The highest BCUT2D eigenvalue weighted by Crippen LogP contribution is 2.25. The van der Waals surface area contributed by atoms with E-state index in [1.54, 1.807) is 32.0 Å². The Morgan fingerprint density at radius 2 is 1.83 bits per heavy atom. The maximum absolute atomic E-state index is 12.6. The van der Waals surface area contributed by atoms with Gasteiger partial charge in [0, 0.05) is 21.6 Å². The first-order valence-electron chi connectivity index (χ1n) is 8.72. The second kappa shape index (κ2) is 9.51. The van der Waals surface area contributed by atoms with E-state index < -0.39 is 16.0 Å². The van der Waals surface area contributed by atoms with Gasteiger partial charge in [-0.15, -0.1) is 0 Å². The molecule has 2 aromatic carbocycles. The van der Waals surface area contributed by atoms with Crippen LogP contribution in [-0.4, -0.2) is 33.3 Å². The summed E-state index contributed by atoms with van der Waals surface area (Å²) in [6, 6.07) is 8.67. The summed E-state index contributed by atoms with van der Waals surface area (Å²) >= 11 is 3.25. The fourth-order valence-corrected chi connectivity index (χ4v) is 4.22. The third kappa shape index (κ3) is 5.88. The molecular weight excluding hydrogens is 462 g/mol. The molecule has 0 aliphatic carbocycles. The lowest BCUT2D eigenvalue weighted by molar-refractivity contribution is 0.0468. The summed E-state index contributed by atoms with van der Waals surface area (Å²) in [7, 11) is -2.29. The lowest BCUT2D eigenvalue weighted by atomic mass is 10.1. The Morgan fingerprint density at radius 3 is 2.41 bits per heavy atom. The van der Waals surface area contributed by atoms with Crippen LogP contribution in [0.25, 0.3) is 0 Å². The van der Waals surface area contributed by atoms with Crippen molar-refractivity contribution >= 4 is 37.7 Å². The molecule has 2 aromatic rings. The van der Waals surface area contributed by atoms with Crippen molar-refractivity contribution in [2.24, 2.45) is 0 Å². The van der Waals surface area contributed by atoms with Crippen LogP contribution in [0.4, 0.5) is 0 Å². The van der Waals surface area contributed by atoms with E-state index in [0.717, 1.165) is 0 Å². The van der Waals surface area contributed by atoms with E-state index in [9.17, 15) is 18.0 Å². The number of carbonyl (C=O) groups is 2. The Bertz CT molecular complexity index is 1030. The van der Waals surface area contributed by atoms with Gasteiger partial charge < -0.3 is 9.47 Å². The fourth-order valence-electron chi connectivity index (χ4n) is 2.54. The number of halogens is 1. The lowest BCUT2D eigenvalue weighted by Crippen LogP contribution is -2.30. The van der Waals surface area contributed by atoms with Crippen molar-refractivity contribution in [3.05, 3.63) is 57.6 Å². The largest absolute Gasteiger partial charge is 0.496 e. The first kappa shape index (κ1) is 23.1. The molecule has 2 rings (SSSR count). The minimum atomic E-state index is -3.76. The van der Waals surface area contributed by atoms with Crippen molar-refractivity contribution in [1.29, 1.82) is 0 Å². The number of nitrogens with one attached hydrogen (secondary N) is 1. The smallest absolute Gasteiger partial charge is 0.339 e. The molecular formula is C20H22BrNO6S. The van der Waals surface area contributed by atoms with E-state index in [-0.39, 0.29) is 28.9 Å². The average Bonchev–Trinajstić information content (AvgIpc) is 2.64. The highest BCUT2D eigenvalue weighted by atomic mass is 79.9. The molecule has 0 saturated carbocycles. The molecule has 156 valence electrons. The van der Waals surface area contributed by atoms with Gasteiger partial charge in [-0.25, -0.2) is 17.9 Å². The summed E-state index contributed by atoms with van der Waals surface area (Å²) in [6.07, 6.45) is 0. The summed E-state index contributed by atoms with van der Waals surface area (Å²) in [5.41, 5.74) is 1.05. The van der Waals surface area contributed by atoms with Gasteiger partial charge in [0.25, 0.3) is 0 Å². The molecule has 0 aliphatic heterocycles. The number of ether oxygens (including phenoxy) is 2. The Morgan fingerprint density at radius 1 is 1.14 bits per heavy atom. The summed E-state index contributed by atoms with van der Waals surface area (Å²) in [5, 5.41) is 0. The summed E-state index contributed by atoms with van der Waals surface area (Å²) in [5.74, 6) is -0.369. The number of hydrogen-bond acceptors (Lipinski definition) is 6. The van der Waals surface area contributed by atoms with Crippen molar-refractivity contribution in [2.45, 2.75) is 38.3 Å². The zero-order valence-corrected chi connectivity index (χ0v) is 18.9. The molecule has 0 heterocycles. The van der Waals surface area contributed by atoms with Gasteiger partial charge in [-0.2, -0.15) is 0 Å². The van der Waals surface area contributed by atoms with E-state index in [4.69, 9.17) is 9.47 Å². The highest BCUT2D eigenvalue weighted by Gasteiger charge is 2.20. The van der Waals surface area contributed by atoms with Gasteiger partial charge in [-0.05, 0) is 73.1 Å². The average molecular weight is 484 g/mol. The topological polar surface area (TPSA) is 98.8 Å². The minimum absolute atomic E-state index is 0.0440. The zero-order valence-electron chi connectivity index (χ0n) is 16.5. The van der Waals surface area contributed by atoms with Gasteiger partial charge in [0.15, 0.2) is 5.78 Å². The van der Waals surface area contributed by atoms with Crippen molar-refractivity contribution in [2.75, 3.05) is 7.11 Å². The Labute approximate surface area is 178 Å². The number of methoxy groups -OCH3 is 1. The normalized spacial score (nSPS) is 11.4. The van der Waals surface area contributed by atoms with Crippen LogP contribution in [0.15, 0.2) is 45.8 Å². The molecule has 0 atom stereocenters. The molecule has 0 aromatic heterocycles. The molecule has 0 spiro atoms. The quantitative estimate of drug-likeness (QED) is 0.453. The molecule has 9 heteroatoms. The van der Waals surface area contributed by atoms with Crippen LogP contribution in [0.5, 0.6) is 5.75 Å². The van der Waals surface area contributed by atoms with E-state index in [2.05, 4.69) is 20.7 Å². The summed E-state index contributed by atoms with van der Waals surface area (Å²) in [6.45, 7) is 4.70. The number of hydrogen-bond donors (Lipinski definition) is 1. The first-order chi connectivity index (χ1) is 13.5. The predicted octanol–water partition coefficient (Wildman–Crippen LogP) is 3.70. The maximum atomic E-state index is 12.6. The number of benzene rings is 2. The number of ketones is 1. The van der Waals surface area contributed by atoms with Gasteiger partial charge in [-0.1, -0.05) is 0 Å². The van der Waals surface area contributed by atoms with Gasteiger partial charge >= 0.3 is 5.97 Å². The SMILES string of the molecule is COc1ccc(C(C)=O)cc1COC(=O)c1cc(S(=O)(=O)NC(C)C)ccc1Br. The Balaban J connectivity index is 2.27. The van der Waals surface area contributed by atoms with Crippen LogP contribution >= 0.6 is 15.9 Å². The monoisotopic (exact) mass is 483 g/mol. The first-order valence-corrected chi connectivity index (χ1v) is 11.0. The molecule has 1 N–H and O–H groups in total. The molecule has 0 unspecified atom stereocenters. The molecule has 0 fully saturated rings. The Hall–Kier alpha value is -2.23. The summed E-state index contributed by atoms with van der Waals surface area (Å²) < 4.78 is 38.2. The molecule has 7 nitrogen and oxygen atoms in total. The van der Waals surface area contributed by atoms with Crippen LogP contribution in [0.2, 0.25) is 0 Å². The summed E-state index contributed by atoms with van der Waals surface area (Å²) in [4.78, 5) is 24.1. The molecule has 0 aliphatic rings. The van der Waals surface area contributed by atoms with Gasteiger partial charge in [0.2, 0.25) is 10.0 Å². The third-order valence-corrected chi connectivity index (χ3v) is 6.25. The van der Waals surface area contributed by atoms with Crippen LogP contribution in [0.1, 0.15) is 47.1 Å². The number of Topliss-reactive ketones (excluding diaryl/α,β-unsaturated/α-hetero) is 1. The van der Waals surface area contributed by atoms with Crippen molar-refractivity contribution in [3.8, 4) is 5.75 Å². The minimum Gasteiger partial charge on any atom is -0.496 e. The maximum Gasteiger partial charge on any atom is 0.339 e. The lowest BCUT2D eigenvalue weighted by Gasteiger charge is -2.13. The van der Waals surface area contributed by atoms with E-state index >= 15 is 0 Å². The van der Waals surface area contributed by atoms with E-state index in [1.165, 1.54) is 32.2 Å². The van der Waals surface area contributed by atoms with Crippen molar-refractivity contribution in [3.63, 3.8) is 0 Å². The van der Waals surface area contributed by atoms with Crippen molar-refractivity contribution in [1.82, 2.24) is 4.72 Å². The molecule has 0 bridgehead atoms. The predicted molar refractivity (Wildman–Crippen MR) is 112 cm³/mol.